The van der Waals surface area contributed by atoms with Gasteiger partial charge in [-0.3, -0.25) is 4.79 Å². The van der Waals surface area contributed by atoms with E-state index in [-0.39, 0.29) is 10.8 Å². The third kappa shape index (κ3) is 4.92. The van der Waals surface area contributed by atoms with Crippen LogP contribution in [0.15, 0.2) is 66.1 Å². The first-order valence-electron chi connectivity index (χ1n) is 10.9. The highest BCUT2D eigenvalue weighted by Crippen LogP contribution is 2.23. The Kier molecular flexibility index (Phi) is 6.72. The Labute approximate surface area is 189 Å². The molecule has 1 aliphatic heterocycles. The molecule has 3 aromatic rings. The molecule has 4 rings (SSSR count). The standard InChI is InChI=1S/C24H28N4O3S/c1-19-6-11-22(32(30,31)28-13-4-2-3-5-14-28)16-23(19)24(29)26-17-20-7-9-21(10-8-20)27-15-12-25-18-27/h6-12,15-16,18H,2-5,13-14,17H2,1H3,(H,26,29). The molecule has 1 aliphatic rings. The van der Waals surface area contributed by atoms with E-state index in [1.807, 2.05) is 42.0 Å². The Morgan fingerprint density at radius 3 is 2.41 bits per heavy atom. The zero-order chi connectivity index (χ0) is 22.6. The van der Waals surface area contributed by atoms with Gasteiger partial charge in [-0.15, -0.1) is 0 Å². The summed E-state index contributed by atoms with van der Waals surface area (Å²) in [5, 5.41) is 2.91. The van der Waals surface area contributed by atoms with Crippen LogP contribution in [0.4, 0.5) is 0 Å². The van der Waals surface area contributed by atoms with E-state index < -0.39 is 10.0 Å². The first-order valence-corrected chi connectivity index (χ1v) is 12.4. The molecule has 1 fully saturated rings. The maximum absolute atomic E-state index is 13.1. The summed E-state index contributed by atoms with van der Waals surface area (Å²) in [4.78, 5) is 17.1. The number of nitrogens with zero attached hydrogens (tertiary/aromatic N) is 3. The lowest BCUT2D eigenvalue weighted by molar-refractivity contribution is 0.0950. The molecule has 1 N–H and O–H groups in total. The predicted molar refractivity (Wildman–Crippen MR) is 123 cm³/mol. The molecule has 0 spiro atoms. The maximum Gasteiger partial charge on any atom is 0.251 e. The number of hydrogen-bond acceptors (Lipinski definition) is 4. The van der Waals surface area contributed by atoms with Crippen molar-refractivity contribution in [3.63, 3.8) is 0 Å². The first kappa shape index (κ1) is 22.2. The van der Waals surface area contributed by atoms with Crippen LogP contribution in [0.25, 0.3) is 5.69 Å². The van der Waals surface area contributed by atoms with E-state index >= 15 is 0 Å². The highest BCUT2D eigenvalue weighted by Gasteiger charge is 2.26. The molecule has 0 radical (unpaired) electrons. The lowest BCUT2D eigenvalue weighted by Crippen LogP contribution is -2.32. The number of benzene rings is 2. The molecule has 32 heavy (non-hydrogen) atoms. The number of hydrogen-bond donors (Lipinski definition) is 1. The second-order valence-corrected chi connectivity index (χ2v) is 10.1. The van der Waals surface area contributed by atoms with Crippen LogP contribution >= 0.6 is 0 Å². The highest BCUT2D eigenvalue weighted by atomic mass is 32.2. The zero-order valence-corrected chi connectivity index (χ0v) is 19.0. The van der Waals surface area contributed by atoms with Crippen molar-refractivity contribution in [1.29, 1.82) is 0 Å². The summed E-state index contributed by atoms with van der Waals surface area (Å²) in [6, 6.07) is 12.6. The minimum atomic E-state index is -3.61. The largest absolute Gasteiger partial charge is 0.348 e. The van der Waals surface area contributed by atoms with Crippen LogP contribution in [0.3, 0.4) is 0 Å². The molecule has 1 aromatic heterocycles. The SMILES string of the molecule is Cc1ccc(S(=O)(=O)N2CCCCCC2)cc1C(=O)NCc1ccc(-n2ccnc2)cc1. The van der Waals surface area contributed by atoms with Crippen LogP contribution in [-0.2, 0) is 16.6 Å². The number of aryl methyl sites for hydroxylation is 1. The van der Waals surface area contributed by atoms with Gasteiger partial charge in [-0.05, 0) is 55.2 Å². The second-order valence-electron chi connectivity index (χ2n) is 8.11. The average Bonchev–Trinajstić information content (AvgIpc) is 3.19. The van der Waals surface area contributed by atoms with E-state index in [2.05, 4.69) is 10.3 Å². The van der Waals surface area contributed by atoms with Gasteiger partial charge in [-0.25, -0.2) is 13.4 Å². The van der Waals surface area contributed by atoms with Gasteiger partial charge in [0, 0.05) is 43.3 Å². The monoisotopic (exact) mass is 452 g/mol. The molecule has 8 heteroatoms. The van der Waals surface area contributed by atoms with Crippen LogP contribution in [-0.4, -0.2) is 41.3 Å². The molecule has 0 atom stereocenters. The number of amides is 1. The quantitative estimate of drug-likeness (QED) is 0.618. The van der Waals surface area contributed by atoms with Gasteiger partial charge >= 0.3 is 0 Å². The fraction of sp³-hybridized carbons (Fsp3) is 0.333. The predicted octanol–water partition coefficient (Wildman–Crippen LogP) is 3.68. The fourth-order valence-corrected chi connectivity index (χ4v) is 5.46. The number of sulfonamides is 1. The number of carbonyl (C=O) groups is 1. The van der Waals surface area contributed by atoms with Gasteiger partial charge in [0.2, 0.25) is 10.0 Å². The fourth-order valence-electron chi connectivity index (χ4n) is 3.91. The third-order valence-electron chi connectivity index (χ3n) is 5.85. The Balaban J connectivity index is 1.46. The van der Waals surface area contributed by atoms with Gasteiger partial charge in [-0.2, -0.15) is 4.31 Å². The van der Waals surface area contributed by atoms with Gasteiger partial charge < -0.3 is 9.88 Å². The topological polar surface area (TPSA) is 84.3 Å². The number of imidazole rings is 1. The van der Waals surface area contributed by atoms with Gasteiger partial charge in [0.25, 0.3) is 5.91 Å². The number of rotatable bonds is 6. The van der Waals surface area contributed by atoms with Crippen molar-refractivity contribution in [1.82, 2.24) is 19.2 Å². The van der Waals surface area contributed by atoms with Crippen LogP contribution in [0.1, 0.15) is 47.2 Å². The zero-order valence-electron chi connectivity index (χ0n) is 18.2. The Bertz CT molecular complexity index is 1160. The molecule has 0 saturated carbocycles. The van der Waals surface area contributed by atoms with Gasteiger partial charge in [-0.1, -0.05) is 31.0 Å². The highest BCUT2D eigenvalue weighted by molar-refractivity contribution is 7.89. The number of nitrogens with one attached hydrogen (secondary N) is 1. The van der Waals surface area contributed by atoms with E-state index in [1.165, 1.54) is 6.07 Å². The molecule has 168 valence electrons. The average molecular weight is 453 g/mol. The van der Waals surface area contributed by atoms with Crippen molar-refractivity contribution in [2.24, 2.45) is 0 Å². The lowest BCUT2D eigenvalue weighted by Gasteiger charge is -2.20. The van der Waals surface area contributed by atoms with Crippen LogP contribution in [0.2, 0.25) is 0 Å². The van der Waals surface area contributed by atoms with Crippen molar-refractivity contribution in [2.75, 3.05) is 13.1 Å². The van der Waals surface area contributed by atoms with Crippen molar-refractivity contribution >= 4 is 15.9 Å². The summed E-state index contributed by atoms with van der Waals surface area (Å²) in [6.45, 7) is 3.24. The van der Waals surface area contributed by atoms with Crippen molar-refractivity contribution in [2.45, 2.75) is 44.0 Å². The van der Waals surface area contributed by atoms with E-state index in [0.29, 0.717) is 25.2 Å². The minimum absolute atomic E-state index is 0.180. The summed E-state index contributed by atoms with van der Waals surface area (Å²) >= 11 is 0. The van der Waals surface area contributed by atoms with Crippen molar-refractivity contribution in [3.8, 4) is 5.69 Å². The molecular formula is C24H28N4O3S. The van der Waals surface area contributed by atoms with Crippen molar-refractivity contribution in [3.05, 3.63) is 77.9 Å². The normalized spacial score (nSPS) is 15.3. The molecule has 7 nitrogen and oxygen atoms in total. The maximum atomic E-state index is 13.1. The lowest BCUT2D eigenvalue weighted by atomic mass is 10.1. The number of carbonyl (C=O) groups excluding carboxylic acids is 1. The molecule has 1 saturated heterocycles. The Morgan fingerprint density at radius 1 is 1.03 bits per heavy atom. The molecule has 0 bridgehead atoms. The molecule has 2 heterocycles. The summed E-state index contributed by atoms with van der Waals surface area (Å²) in [5.41, 5.74) is 3.07. The summed E-state index contributed by atoms with van der Waals surface area (Å²) in [6.07, 6.45) is 9.17. The smallest absolute Gasteiger partial charge is 0.251 e. The van der Waals surface area contributed by atoms with Crippen LogP contribution in [0, 0.1) is 6.92 Å². The number of aromatic nitrogens is 2. The second kappa shape index (κ2) is 9.67. The van der Waals surface area contributed by atoms with E-state index in [0.717, 1.165) is 42.5 Å². The molecule has 0 unspecified atom stereocenters. The summed E-state index contributed by atoms with van der Waals surface area (Å²) < 4.78 is 29.7. The molecule has 1 amide bonds. The van der Waals surface area contributed by atoms with Gasteiger partial charge in [0.1, 0.15) is 0 Å². The summed E-state index contributed by atoms with van der Waals surface area (Å²) in [5.74, 6) is -0.283. The summed E-state index contributed by atoms with van der Waals surface area (Å²) in [7, 11) is -3.61. The van der Waals surface area contributed by atoms with Crippen LogP contribution in [0.5, 0.6) is 0 Å². The molecular weight excluding hydrogens is 424 g/mol. The Hall–Kier alpha value is -2.97. The van der Waals surface area contributed by atoms with Gasteiger partial charge in [0.15, 0.2) is 0 Å². The third-order valence-corrected chi connectivity index (χ3v) is 7.74. The minimum Gasteiger partial charge on any atom is -0.348 e. The van der Waals surface area contributed by atoms with E-state index in [4.69, 9.17) is 0 Å². The Morgan fingerprint density at radius 2 is 1.75 bits per heavy atom. The first-order chi connectivity index (χ1) is 15.4. The molecule has 0 aliphatic carbocycles. The van der Waals surface area contributed by atoms with Gasteiger partial charge in [0.05, 0.1) is 11.2 Å². The molecule has 2 aromatic carbocycles. The van der Waals surface area contributed by atoms with Crippen molar-refractivity contribution < 1.29 is 13.2 Å². The van der Waals surface area contributed by atoms with E-state index in [1.54, 1.807) is 29.0 Å². The van der Waals surface area contributed by atoms with Crippen LogP contribution < -0.4 is 5.32 Å². The van der Waals surface area contributed by atoms with E-state index in [9.17, 15) is 13.2 Å².